The van der Waals surface area contributed by atoms with Gasteiger partial charge in [0.15, 0.2) is 0 Å². The molecule has 2 aliphatic rings. The van der Waals surface area contributed by atoms with Gasteiger partial charge in [0.05, 0.1) is 0 Å². The lowest BCUT2D eigenvalue weighted by molar-refractivity contribution is 1.79. The van der Waals surface area contributed by atoms with Crippen LogP contribution in [0.1, 0.15) is 0 Å². The fourth-order valence-corrected chi connectivity index (χ4v) is 1.88. The fourth-order valence-electron chi connectivity index (χ4n) is 1.28. The Kier molecular flexibility index (Phi) is 2.06. The minimum atomic E-state index is 0.663. The SMILES string of the molecule is Nc1ccc2c(Cl)cc(Cl)c-2cc1. The second-order valence-electron chi connectivity index (χ2n) is 2.83. The lowest BCUT2D eigenvalue weighted by atomic mass is 10.2. The molecule has 0 saturated heterocycles. The minimum absolute atomic E-state index is 0.663. The van der Waals surface area contributed by atoms with E-state index in [4.69, 9.17) is 28.9 Å². The van der Waals surface area contributed by atoms with E-state index in [-0.39, 0.29) is 0 Å². The average molecular weight is 212 g/mol. The van der Waals surface area contributed by atoms with E-state index < -0.39 is 0 Å². The van der Waals surface area contributed by atoms with E-state index in [1.54, 1.807) is 6.07 Å². The van der Waals surface area contributed by atoms with Gasteiger partial charge in [0.2, 0.25) is 0 Å². The van der Waals surface area contributed by atoms with E-state index in [1.807, 2.05) is 24.3 Å². The molecule has 66 valence electrons. The van der Waals surface area contributed by atoms with Gasteiger partial charge in [-0.2, -0.15) is 0 Å². The third-order valence-electron chi connectivity index (χ3n) is 1.94. The first kappa shape index (κ1) is 8.67. The van der Waals surface area contributed by atoms with Crippen LogP contribution in [0.15, 0.2) is 30.3 Å². The van der Waals surface area contributed by atoms with Crippen molar-refractivity contribution < 1.29 is 0 Å². The average Bonchev–Trinajstić information content (AvgIpc) is 2.27. The third-order valence-corrected chi connectivity index (χ3v) is 2.57. The predicted octanol–water partition coefficient (Wildman–Crippen LogP) is 3.68. The van der Waals surface area contributed by atoms with Crippen LogP contribution in [0.3, 0.4) is 0 Å². The topological polar surface area (TPSA) is 26.0 Å². The molecule has 0 aromatic carbocycles. The zero-order valence-corrected chi connectivity index (χ0v) is 8.23. The summed E-state index contributed by atoms with van der Waals surface area (Å²) in [6.45, 7) is 0. The van der Waals surface area contributed by atoms with Gasteiger partial charge in [-0.25, -0.2) is 0 Å². The van der Waals surface area contributed by atoms with Gasteiger partial charge in [0.25, 0.3) is 0 Å². The number of hydrogen-bond donors (Lipinski definition) is 1. The number of nitrogen functional groups attached to an aromatic ring is 1. The molecule has 0 aliphatic heterocycles. The Morgan fingerprint density at radius 2 is 1.31 bits per heavy atom. The maximum absolute atomic E-state index is 5.96. The fraction of sp³-hybridized carbons (Fsp3) is 0. The van der Waals surface area contributed by atoms with Crippen LogP contribution in [0.25, 0.3) is 11.1 Å². The van der Waals surface area contributed by atoms with Crippen LogP contribution >= 0.6 is 23.2 Å². The van der Waals surface area contributed by atoms with Crippen LogP contribution in [-0.4, -0.2) is 0 Å². The maximum Gasteiger partial charge on any atom is 0.0499 e. The number of hydrogen-bond acceptors (Lipinski definition) is 1. The monoisotopic (exact) mass is 211 g/mol. The summed E-state index contributed by atoms with van der Waals surface area (Å²) in [5, 5.41) is 1.33. The van der Waals surface area contributed by atoms with E-state index in [2.05, 4.69) is 0 Å². The van der Waals surface area contributed by atoms with Crippen molar-refractivity contribution in [3.05, 3.63) is 40.4 Å². The first-order chi connectivity index (χ1) is 6.18. The minimum Gasteiger partial charge on any atom is -0.399 e. The Labute approximate surface area is 86.4 Å². The van der Waals surface area contributed by atoms with Crippen molar-refractivity contribution in [2.75, 3.05) is 5.73 Å². The van der Waals surface area contributed by atoms with Crippen LogP contribution in [0.2, 0.25) is 10.0 Å². The first-order valence-corrected chi connectivity index (χ1v) is 4.57. The first-order valence-electron chi connectivity index (χ1n) is 3.82. The summed E-state index contributed by atoms with van der Waals surface area (Å²) < 4.78 is 0. The molecule has 0 spiro atoms. The number of nitrogens with two attached hydrogens (primary N) is 1. The quantitative estimate of drug-likeness (QED) is 0.708. The summed E-state index contributed by atoms with van der Waals surface area (Å²) in [7, 11) is 0. The molecule has 2 rings (SSSR count). The molecule has 0 amide bonds. The largest absolute Gasteiger partial charge is 0.399 e. The highest BCUT2D eigenvalue weighted by atomic mass is 35.5. The molecule has 0 atom stereocenters. The van der Waals surface area contributed by atoms with Gasteiger partial charge in [-0.15, -0.1) is 0 Å². The molecular formula is C10H7Cl2N. The number of anilines is 1. The second kappa shape index (κ2) is 3.09. The van der Waals surface area contributed by atoms with Gasteiger partial charge in [0.1, 0.15) is 0 Å². The Balaban J connectivity index is 2.78. The van der Waals surface area contributed by atoms with E-state index in [0.717, 1.165) is 11.1 Å². The van der Waals surface area contributed by atoms with Crippen LogP contribution < -0.4 is 5.73 Å². The highest BCUT2D eigenvalue weighted by Gasteiger charge is 2.11. The van der Waals surface area contributed by atoms with Crippen LogP contribution in [0.4, 0.5) is 5.69 Å². The number of fused-ring (bicyclic) bond motifs is 1. The molecule has 0 fully saturated rings. The van der Waals surface area contributed by atoms with Crippen molar-refractivity contribution in [3.63, 3.8) is 0 Å². The summed E-state index contributed by atoms with van der Waals surface area (Å²) in [5.74, 6) is 0. The standard InChI is InChI=1S/C10H7Cl2N/c11-9-5-10(12)8-4-2-6(13)1-3-7(8)9/h1-5H,13H2. The van der Waals surface area contributed by atoms with Crippen LogP contribution in [0.5, 0.6) is 0 Å². The smallest absolute Gasteiger partial charge is 0.0499 e. The molecule has 0 unspecified atom stereocenters. The van der Waals surface area contributed by atoms with Gasteiger partial charge >= 0.3 is 0 Å². The van der Waals surface area contributed by atoms with E-state index in [1.165, 1.54) is 0 Å². The normalized spacial score (nSPS) is 10.6. The number of rotatable bonds is 0. The van der Waals surface area contributed by atoms with Crippen molar-refractivity contribution in [1.29, 1.82) is 0 Å². The van der Waals surface area contributed by atoms with Crippen molar-refractivity contribution >= 4 is 28.9 Å². The van der Waals surface area contributed by atoms with Crippen molar-refractivity contribution in [1.82, 2.24) is 0 Å². The van der Waals surface area contributed by atoms with Crippen LogP contribution in [-0.2, 0) is 0 Å². The highest BCUT2D eigenvalue weighted by molar-refractivity contribution is 6.40. The Hall–Kier alpha value is -0.920. The Bertz CT molecular complexity index is 389. The molecular weight excluding hydrogens is 205 g/mol. The lowest BCUT2D eigenvalue weighted by Gasteiger charge is -1.91. The molecule has 0 aromatic rings. The molecule has 13 heavy (non-hydrogen) atoms. The van der Waals surface area contributed by atoms with Gasteiger partial charge in [-0.05, 0) is 18.2 Å². The lowest BCUT2D eigenvalue weighted by Crippen LogP contribution is -1.77. The van der Waals surface area contributed by atoms with Gasteiger partial charge < -0.3 is 5.73 Å². The zero-order chi connectivity index (χ0) is 9.42. The summed E-state index contributed by atoms with van der Waals surface area (Å²) in [4.78, 5) is 0. The highest BCUT2D eigenvalue weighted by Crippen LogP contribution is 2.38. The van der Waals surface area contributed by atoms with Gasteiger partial charge in [-0.1, -0.05) is 35.3 Å². The van der Waals surface area contributed by atoms with E-state index in [0.29, 0.717) is 15.7 Å². The molecule has 0 heterocycles. The molecule has 0 aromatic heterocycles. The summed E-state index contributed by atoms with van der Waals surface area (Å²) in [6, 6.07) is 9.11. The molecule has 0 radical (unpaired) electrons. The van der Waals surface area contributed by atoms with E-state index in [9.17, 15) is 0 Å². The van der Waals surface area contributed by atoms with Gasteiger partial charge in [-0.3, -0.25) is 0 Å². The van der Waals surface area contributed by atoms with Gasteiger partial charge in [0, 0.05) is 26.9 Å². The Morgan fingerprint density at radius 3 is 1.77 bits per heavy atom. The summed E-state index contributed by atoms with van der Waals surface area (Å²) in [6.07, 6.45) is 0. The Morgan fingerprint density at radius 1 is 0.846 bits per heavy atom. The maximum atomic E-state index is 5.96. The molecule has 0 saturated carbocycles. The third kappa shape index (κ3) is 1.45. The molecule has 2 aliphatic carbocycles. The molecule has 1 nitrogen and oxygen atoms in total. The van der Waals surface area contributed by atoms with Crippen molar-refractivity contribution in [3.8, 4) is 11.1 Å². The van der Waals surface area contributed by atoms with Crippen LogP contribution in [0, 0.1) is 0 Å². The molecule has 0 bridgehead atoms. The second-order valence-corrected chi connectivity index (χ2v) is 3.65. The zero-order valence-electron chi connectivity index (χ0n) is 6.72. The van der Waals surface area contributed by atoms with Crippen molar-refractivity contribution in [2.24, 2.45) is 0 Å². The molecule has 3 heteroatoms. The number of halogens is 2. The molecule has 2 N–H and O–H groups in total. The summed E-state index contributed by atoms with van der Waals surface area (Å²) in [5.41, 5.74) is 8.20. The predicted molar refractivity (Wildman–Crippen MR) is 57.5 cm³/mol. The van der Waals surface area contributed by atoms with Crippen molar-refractivity contribution in [2.45, 2.75) is 0 Å². The van der Waals surface area contributed by atoms with E-state index >= 15 is 0 Å². The summed E-state index contributed by atoms with van der Waals surface area (Å²) >= 11 is 11.9.